The van der Waals surface area contributed by atoms with E-state index in [9.17, 15) is 18.0 Å². The van der Waals surface area contributed by atoms with Gasteiger partial charge in [0.25, 0.3) is 15.9 Å². The molecule has 0 heterocycles. The highest BCUT2D eigenvalue weighted by Gasteiger charge is 2.27. The largest absolute Gasteiger partial charge is 0.494 e. The maximum Gasteiger partial charge on any atom is 0.343 e. The Morgan fingerprint density at radius 1 is 0.854 bits per heavy atom. The molecule has 41 heavy (non-hydrogen) atoms. The third-order valence-corrected chi connectivity index (χ3v) is 7.62. The van der Waals surface area contributed by atoms with E-state index in [4.69, 9.17) is 9.47 Å². The zero-order chi connectivity index (χ0) is 29.2. The van der Waals surface area contributed by atoms with Gasteiger partial charge in [-0.2, -0.15) is 5.10 Å². The normalized spacial score (nSPS) is 11.2. The van der Waals surface area contributed by atoms with Crippen molar-refractivity contribution in [3.63, 3.8) is 0 Å². The Balaban J connectivity index is 1.43. The molecule has 1 N–H and O–H groups in total. The van der Waals surface area contributed by atoms with Gasteiger partial charge < -0.3 is 9.47 Å². The molecule has 0 saturated heterocycles. The van der Waals surface area contributed by atoms with Crippen LogP contribution in [0.2, 0.25) is 0 Å². The summed E-state index contributed by atoms with van der Waals surface area (Å²) in [6, 6.07) is 28.0. The van der Waals surface area contributed by atoms with Crippen LogP contribution in [0.25, 0.3) is 0 Å². The maximum atomic E-state index is 13.5. The van der Waals surface area contributed by atoms with Crippen LogP contribution in [0.15, 0.2) is 113 Å². The molecule has 0 saturated carbocycles. The third-order valence-electron chi connectivity index (χ3n) is 5.83. The van der Waals surface area contributed by atoms with Crippen LogP contribution < -0.4 is 19.2 Å². The molecule has 4 aromatic carbocycles. The summed E-state index contributed by atoms with van der Waals surface area (Å²) in [6.45, 7) is 3.68. The molecule has 0 bridgehead atoms. The molecule has 0 aliphatic heterocycles. The summed E-state index contributed by atoms with van der Waals surface area (Å²) in [4.78, 5) is 25.0. The minimum absolute atomic E-state index is 0.0193. The van der Waals surface area contributed by atoms with Gasteiger partial charge in [-0.1, -0.05) is 35.9 Å². The Hall–Kier alpha value is -4.96. The number of carbonyl (C=O) groups excluding carboxylic acids is 2. The Morgan fingerprint density at radius 2 is 1.49 bits per heavy atom. The second-order valence-electron chi connectivity index (χ2n) is 8.87. The highest BCUT2D eigenvalue weighted by Crippen LogP contribution is 2.25. The van der Waals surface area contributed by atoms with E-state index in [1.165, 1.54) is 18.3 Å². The molecule has 9 nitrogen and oxygen atoms in total. The van der Waals surface area contributed by atoms with Crippen LogP contribution in [0.3, 0.4) is 0 Å². The Kier molecular flexibility index (Phi) is 9.49. The van der Waals surface area contributed by atoms with E-state index in [2.05, 4.69) is 10.5 Å². The van der Waals surface area contributed by atoms with Crippen molar-refractivity contribution in [1.29, 1.82) is 0 Å². The molecule has 0 aliphatic carbocycles. The van der Waals surface area contributed by atoms with Gasteiger partial charge in [0.2, 0.25) is 0 Å². The van der Waals surface area contributed by atoms with Crippen LogP contribution >= 0.6 is 0 Å². The van der Waals surface area contributed by atoms with E-state index in [-0.39, 0.29) is 4.90 Å². The number of benzene rings is 4. The second-order valence-corrected chi connectivity index (χ2v) is 10.7. The molecular weight excluding hydrogens is 542 g/mol. The standard InChI is InChI=1S/C31H29N3O6S/c1-3-39-27-17-19-29(20-18-27)41(37,38)34(26-13-9-23(2)10-14-26)22-30(35)33-32-21-24-11-15-28(16-12-24)40-31(36)25-7-5-4-6-8-25/h4-21H,3,22H2,1-2H3,(H,33,35)/b32-21-. The number of hydrogen-bond acceptors (Lipinski definition) is 7. The molecular formula is C31H29N3O6S. The maximum absolute atomic E-state index is 13.5. The first kappa shape index (κ1) is 29.0. The molecule has 0 aromatic heterocycles. The fourth-order valence-corrected chi connectivity index (χ4v) is 5.16. The molecule has 0 atom stereocenters. The van der Waals surface area contributed by atoms with Crippen LogP contribution in [-0.2, 0) is 14.8 Å². The van der Waals surface area contributed by atoms with E-state index in [1.54, 1.807) is 84.9 Å². The van der Waals surface area contributed by atoms with Gasteiger partial charge in [0.1, 0.15) is 18.0 Å². The van der Waals surface area contributed by atoms with Gasteiger partial charge in [-0.3, -0.25) is 9.10 Å². The Labute approximate surface area is 239 Å². The molecule has 10 heteroatoms. The average molecular weight is 572 g/mol. The van der Waals surface area contributed by atoms with Crippen molar-refractivity contribution in [2.45, 2.75) is 18.7 Å². The van der Waals surface area contributed by atoms with Crippen LogP contribution in [0.5, 0.6) is 11.5 Å². The lowest BCUT2D eigenvalue weighted by Gasteiger charge is -2.24. The van der Waals surface area contributed by atoms with Crippen molar-refractivity contribution in [3.8, 4) is 11.5 Å². The summed E-state index contributed by atoms with van der Waals surface area (Å²) < 4.78 is 38.9. The van der Waals surface area contributed by atoms with Crippen molar-refractivity contribution in [2.24, 2.45) is 5.10 Å². The van der Waals surface area contributed by atoms with E-state index < -0.39 is 28.4 Å². The van der Waals surface area contributed by atoms with Crippen LogP contribution in [0, 0.1) is 6.92 Å². The number of nitrogens with one attached hydrogen (secondary N) is 1. The topological polar surface area (TPSA) is 114 Å². The van der Waals surface area contributed by atoms with Crippen molar-refractivity contribution < 1.29 is 27.5 Å². The highest BCUT2D eigenvalue weighted by molar-refractivity contribution is 7.92. The third kappa shape index (κ3) is 7.80. The molecule has 4 rings (SSSR count). The smallest absolute Gasteiger partial charge is 0.343 e. The predicted octanol–water partition coefficient (Wildman–Crippen LogP) is 4.96. The minimum atomic E-state index is -4.08. The number of anilines is 1. The van der Waals surface area contributed by atoms with E-state index in [1.807, 2.05) is 19.9 Å². The first-order chi connectivity index (χ1) is 19.8. The van der Waals surface area contributed by atoms with Gasteiger partial charge >= 0.3 is 5.97 Å². The average Bonchev–Trinajstić information content (AvgIpc) is 2.98. The number of sulfonamides is 1. The first-order valence-corrected chi connectivity index (χ1v) is 14.2. The molecule has 1 amide bonds. The van der Waals surface area contributed by atoms with Crippen LogP contribution in [0.4, 0.5) is 5.69 Å². The second kappa shape index (κ2) is 13.4. The monoisotopic (exact) mass is 571 g/mol. The number of rotatable bonds is 11. The number of esters is 1. The number of nitrogens with zero attached hydrogens (tertiary/aromatic N) is 2. The number of ether oxygens (including phenoxy) is 2. The van der Waals surface area contributed by atoms with Gasteiger partial charge in [0, 0.05) is 0 Å². The minimum Gasteiger partial charge on any atom is -0.494 e. The number of hydrogen-bond donors (Lipinski definition) is 1. The van der Waals surface area contributed by atoms with Crippen molar-refractivity contribution in [1.82, 2.24) is 5.43 Å². The molecule has 0 spiro atoms. The Bertz CT molecular complexity index is 1600. The quantitative estimate of drug-likeness (QED) is 0.118. The van der Waals surface area contributed by atoms with Crippen LogP contribution in [-0.4, -0.2) is 39.7 Å². The molecule has 4 aromatic rings. The summed E-state index contributed by atoms with van der Waals surface area (Å²) in [5.41, 5.74) is 4.73. The molecule has 210 valence electrons. The molecule has 0 fully saturated rings. The molecule has 0 radical (unpaired) electrons. The fourth-order valence-electron chi connectivity index (χ4n) is 3.73. The number of amides is 1. The lowest BCUT2D eigenvalue weighted by molar-refractivity contribution is -0.119. The zero-order valence-corrected chi connectivity index (χ0v) is 23.4. The Morgan fingerprint density at radius 3 is 2.12 bits per heavy atom. The van der Waals surface area contributed by atoms with Gasteiger partial charge in [-0.25, -0.2) is 18.6 Å². The van der Waals surface area contributed by atoms with Gasteiger partial charge in [-0.05, 0) is 92.2 Å². The van der Waals surface area contributed by atoms with Gasteiger partial charge in [0.15, 0.2) is 0 Å². The van der Waals surface area contributed by atoms with Gasteiger partial charge in [-0.15, -0.1) is 0 Å². The number of aryl methyl sites for hydroxylation is 1. The van der Waals surface area contributed by atoms with Crippen LogP contribution in [0.1, 0.15) is 28.4 Å². The molecule has 0 aliphatic rings. The predicted molar refractivity (Wildman–Crippen MR) is 157 cm³/mol. The summed E-state index contributed by atoms with van der Waals surface area (Å²) in [7, 11) is -4.08. The van der Waals surface area contributed by atoms with Crippen molar-refractivity contribution in [2.75, 3.05) is 17.5 Å². The fraction of sp³-hybridized carbons (Fsp3) is 0.129. The zero-order valence-electron chi connectivity index (χ0n) is 22.6. The number of carbonyl (C=O) groups is 2. The summed E-state index contributed by atoms with van der Waals surface area (Å²) in [5, 5.41) is 3.96. The molecule has 0 unspecified atom stereocenters. The van der Waals surface area contributed by atoms with Gasteiger partial charge in [0.05, 0.1) is 29.0 Å². The highest BCUT2D eigenvalue weighted by atomic mass is 32.2. The lowest BCUT2D eigenvalue weighted by atomic mass is 10.2. The SMILES string of the molecule is CCOc1ccc(S(=O)(=O)N(CC(=O)N/N=C\c2ccc(OC(=O)c3ccccc3)cc2)c2ccc(C)cc2)cc1. The van der Waals surface area contributed by atoms with E-state index >= 15 is 0 Å². The summed E-state index contributed by atoms with van der Waals surface area (Å²) >= 11 is 0. The van der Waals surface area contributed by atoms with Crippen molar-refractivity contribution in [3.05, 3.63) is 120 Å². The number of hydrazone groups is 1. The lowest BCUT2D eigenvalue weighted by Crippen LogP contribution is -2.39. The summed E-state index contributed by atoms with van der Waals surface area (Å²) in [5.74, 6) is -0.210. The van der Waals surface area contributed by atoms with E-state index in [0.717, 1.165) is 9.87 Å². The summed E-state index contributed by atoms with van der Waals surface area (Å²) in [6.07, 6.45) is 1.40. The van der Waals surface area contributed by atoms with Crippen molar-refractivity contribution >= 4 is 33.8 Å². The van der Waals surface area contributed by atoms with E-state index in [0.29, 0.717) is 34.9 Å². The first-order valence-electron chi connectivity index (χ1n) is 12.8.